The Balaban J connectivity index is 1.35. The van der Waals surface area contributed by atoms with Gasteiger partial charge in [-0.2, -0.15) is 0 Å². The Bertz CT molecular complexity index is 1060. The molecule has 150 valence electrons. The second-order valence-corrected chi connectivity index (χ2v) is 9.34. The third-order valence-electron chi connectivity index (χ3n) is 7.10. The van der Waals surface area contributed by atoms with Gasteiger partial charge in [-0.1, -0.05) is 0 Å². The third-order valence-corrected chi connectivity index (χ3v) is 7.10. The smallest absolute Gasteiger partial charge is 0.149 e. The largest absolute Gasteiger partial charge is 0.390 e. The summed E-state index contributed by atoms with van der Waals surface area (Å²) >= 11 is 0. The molecule has 2 unspecified atom stereocenters. The van der Waals surface area contributed by atoms with Crippen LogP contribution in [-0.4, -0.2) is 36.3 Å². The van der Waals surface area contributed by atoms with Gasteiger partial charge in [-0.15, -0.1) is 0 Å². The Morgan fingerprint density at radius 1 is 1.14 bits per heavy atom. The van der Waals surface area contributed by atoms with Crippen molar-refractivity contribution in [2.45, 2.75) is 43.7 Å². The highest BCUT2D eigenvalue weighted by Gasteiger charge is 2.54. The molecule has 4 aliphatic rings. The van der Waals surface area contributed by atoms with Gasteiger partial charge in [-0.3, -0.25) is 4.98 Å². The van der Waals surface area contributed by atoms with Gasteiger partial charge in [0.05, 0.1) is 17.4 Å². The summed E-state index contributed by atoms with van der Waals surface area (Å²) in [7, 11) is 1.95. The van der Waals surface area contributed by atoms with Gasteiger partial charge < -0.3 is 20.3 Å². The highest BCUT2D eigenvalue weighted by Crippen LogP contribution is 2.56. The van der Waals surface area contributed by atoms with Crippen LogP contribution in [0.3, 0.4) is 0 Å². The molecule has 2 atom stereocenters. The topological polar surface area (TPSA) is 87.9 Å². The Morgan fingerprint density at radius 2 is 1.97 bits per heavy atom. The van der Waals surface area contributed by atoms with Crippen LogP contribution in [0.25, 0.3) is 10.9 Å². The summed E-state index contributed by atoms with van der Waals surface area (Å²) in [5, 5.41) is 19.0. The standard InChI is InChI=1S/C22H26N6O/c1-28-11-19(24-12-28)25-18-7-17-16(3-2-4-23-17)21(26-18)27-20-14-5-13-6-15(20)10-22(29,8-13)9-14/h2-4,7,11-15,20,29H,5-6,8-10H2,1H3,(H2,25,26,27)/t13?,14?,15?,20-,22+. The lowest BCUT2D eigenvalue weighted by molar-refractivity contribution is -0.129. The molecule has 3 N–H and O–H groups in total. The molecule has 4 bridgehead atoms. The summed E-state index contributed by atoms with van der Waals surface area (Å²) < 4.78 is 1.90. The molecule has 0 amide bonds. The molecule has 0 saturated heterocycles. The Morgan fingerprint density at radius 3 is 2.69 bits per heavy atom. The number of pyridine rings is 2. The van der Waals surface area contributed by atoms with E-state index in [1.807, 2.05) is 36.1 Å². The predicted molar refractivity (Wildman–Crippen MR) is 112 cm³/mol. The lowest BCUT2D eigenvalue weighted by atomic mass is 9.52. The summed E-state index contributed by atoms with van der Waals surface area (Å²) in [5.41, 5.74) is 0.486. The van der Waals surface area contributed by atoms with Gasteiger partial charge in [0, 0.05) is 36.9 Å². The van der Waals surface area contributed by atoms with Crippen molar-refractivity contribution in [3.8, 4) is 0 Å². The van der Waals surface area contributed by atoms with E-state index in [0.29, 0.717) is 23.8 Å². The Hall–Kier alpha value is -2.67. The van der Waals surface area contributed by atoms with Crippen LogP contribution in [0.4, 0.5) is 17.5 Å². The second-order valence-electron chi connectivity index (χ2n) is 9.34. The molecular formula is C22H26N6O. The molecule has 3 aromatic rings. The van der Waals surface area contributed by atoms with E-state index in [0.717, 1.165) is 47.6 Å². The minimum atomic E-state index is -0.423. The molecule has 0 aromatic carbocycles. The van der Waals surface area contributed by atoms with Gasteiger partial charge in [0.25, 0.3) is 0 Å². The van der Waals surface area contributed by atoms with E-state index in [2.05, 4.69) is 26.7 Å². The first-order valence-corrected chi connectivity index (χ1v) is 10.5. The molecule has 0 spiro atoms. The molecule has 4 aliphatic carbocycles. The van der Waals surface area contributed by atoms with Crippen LogP contribution in [-0.2, 0) is 7.05 Å². The fourth-order valence-electron chi connectivity index (χ4n) is 6.23. The van der Waals surface area contributed by atoms with E-state index in [1.54, 1.807) is 6.33 Å². The molecule has 4 saturated carbocycles. The van der Waals surface area contributed by atoms with Crippen molar-refractivity contribution in [1.29, 1.82) is 0 Å². The maximum atomic E-state index is 10.9. The van der Waals surface area contributed by atoms with E-state index >= 15 is 0 Å². The molecule has 29 heavy (non-hydrogen) atoms. The highest BCUT2D eigenvalue weighted by atomic mass is 16.3. The van der Waals surface area contributed by atoms with Crippen LogP contribution in [0, 0.1) is 17.8 Å². The molecule has 3 heterocycles. The number of hydrogen-bond acceptors (Lipinski definition) is 6. The molecular weight excluding hydrogens is 364 g/mol. The average Bonchev–Trinajstić information content (AvgIpc) is 3.08. The fraction of sp³-hybridized carbons (Fsp3) is 0.500. The first kappa shape index (κ1) is 17.2. The first-order valence-electron chi connectivity index (χ1n) is 10.5. The van der Waals surface area contributed by atoms with E-state index in [1.165, 1.54) is 12.8 Å². The molecule has 4 fully saturated rings. The molecule has 0 radical (unpaired) electrons. The van der Waals surface area contributed by atoms with Gasteiger partial charge in [0.15, 0.2) is 0 Å². The number of aliphatic hydroxyl groups is 1. The van der Waals surface area contributed by atoms with Crippen LogP contribution in [0.1, 0.15) is 32.1 Å². The lowest BCUT2D eigenvalue weighted by Gasteiger charge is -2.58. The van der Waals surface area contributed by atoms with Crippen LogP contribution in [0.2, 0.25) is 0 Å². The van der Waals surface area contributed by atoms with Crippen molar-refractivity contribution in [2.75, 3.05) is 10.6 Å². The molecule has 0 aliphatic heterocycles. The molecule has 7 nitrogen and oxygen atoms in total. The van der Waals surface area contributed by atoms with Crippen LogP contribution < -0.4 is 10.6 Å². The van der Waals surface area contributed by atoms with Gasteiger partial charge in [-0.25, -0.2) is 9.97 Å². The minimum absolute atomic E-state index is 0.368. The van der Waals surface area contributed by atoms with Crippen LogP contribution in [0.5, 0.6) is 0 Å². The maximum Gasteiger partial charge on any atom is 0.149 e. The van der Waals surface area contributed by atoms with Gasteiger partial charge in [-0.05, 0) is 62.0 Å². The quantitative estimate of drug-likeness (QED) is 0.632. The number of aromatic nitrogens is 4. The highest BCUT2D eigenvalue weighted by molar-refractivity contribution is 5.91. The SMILES string of the molecule is Cn1cnc(Nc2cc3ncccc3c(N[C@H]3C4CC5CC3C[C@@](O)(C5)C4)n2)c1. The lowest BCUT2D eigenvalue weighted by Crippen LogP contribution is -2.59. The second kappa shape index (κ2) is 6.16. The number of rotatable bonds is 4. The molecule has 7 rings (SSSR count). The number of aryl methyl sites for hydroxylation is 1. The average molecular weight is 390 g/mol. The van der Waals surface area contributed by atoms with Crippen molar-refractivity contribution < 1.29 is 5.11 Å². The van der Waals surface area contributed by atoms with Crippen molar-refractivity contribution in [3.63, 3.8) is 0 Å². The fourth-order valence-corrected chi connectivity index (χ4v) is 6.23. The Kier molecular flexibility index (Phi) is 3.66. The van der Waals surface area contributed by atoms with Crippen molar-refractivity contribution in [3.05, 3.63) is 36.9 Å². The monoisotopic (exact) mass is 390 g/mol. The number of anilines is 3. The molecule has 7 heteroatoms. The summed E-state index contributed by atoms with van der Waals surface area (Å²) in [5.74, 6) is 4.11. The van der Waals surface area contributed by atoms with Gasteiger partial charge >= 0.3 is 0 Å². The zero-order valence-electron chi connectivity index (χ0n) is 16.5. The normalized spacial score (nSPS) is 32.6. The number of fused-ring (bicyclic) bond motifs is 1. The van der Waals surface area contributed by atoms with Crippen molar-refractivity contribution >= 4 is 28.4 Å². The number of nitrogens with one attached hydrogen (secondary N) is 2. The minimum Gasteiger partial charge on any atom is -0.390 e. The Labute approximate surface area is 169 Å². The third kappa shape index (κ3) is 2.95. The van der Waals surface area contributed by atoms with Crippen molar-refractivity contribution in [2.24, 2.45) is 24.8 Å². The van der Waals surface area contributed by atoms with E-state index in [-0.39, 0.29) is 0 Å². The van der Waals surface area contributed by atoms with E-state index < -0.39 is 5.60 Å². The summed E-state index contributed by atoms with van der Waals surface area (Å²) in [6.45, 7) is 0. The maximum absolute atomic E-state index is 10.9. The zero-order valence-corrected chi connectivity index (χ0v) is 16.5. The number of nitrogens with zero attached hydrogens (tertiary/aromatic N) is 4. The first-order chi connectivity index (χ1) is 14.0. The van der Waals surface area contributed by atoms with E-state index in [4.69, 9.17) is 4.98 Å². The zero-order chi connectivity index (χ0) is 19.6. The van der Waals surface area contributed by atoms with E-state index in [9.17, 15) is 5.11 Å². The number of imidazole rings is 1. The summed E-state index contributed by atoms with van der Waals surface area (Å²) in [4.78, 5) is 13.8. The summed E-state index contributed by atoms with van der Waals surface area (Å²) in [6, 6.07) is 6.37. The summed E-state index contributed by atoms with van der Waals surface area (Å²) in [6.07, 6.45) is 10.8. The number of hydrogen-bond donors (Lipinski definition) is 3. The van der Waals surface area contributed by atoms with Gasteiger partial charge in [0.2, 0.25) is 0 Å². The van der Waals surface area contributed by atoms with Crippen molar-refractivity contribution in [1.82, 2.24) is 19.5 Å². The predicted octanol–water partition coefficient (Wildman–Crippen LogP) is 3.46. The molecule has 3 aromatic heterocycles. The van der Waals surface area contributed by atoms with Crippen LogP contribution >= 0.6 is 0 Å². The van der Waals surface area contributed by atoms with Crippen LogP contribution in [0.15, 0.2) is 36.9 Å². The van der Waals surface area contributed by atoms with Gasteiger partial charge in [0.1, 0.15) is 17.5 Å².